The summed E-state index contributed by atoms with van der Waals surface area (Å²) in [5, 5.41) is 19.7. The largest absolute Gasteiger partial charge is 0.493 e. The number of hydrogen-bond donors (Lipinski definition) is 0. The van der Waals surface area contributed by atoms with Gasteiger partial charge in [-0.3, -0.25) is 10.1 Å². The van der Waals surface area contributed by atoms with E-state index in [9.17, 15) is 14.9 Å². The zero-order valence-electron chi connectivity index (χ0n) is 11.8. The maximum absolute atomic E-state index is 11.9. The number of hydrogen-bond acceptors (Lipinski definition) is 7. The molecule has 0 radical (unpaired) electrons. The Hall–Kier alpha value is -2.82. The molecule has 8 nitrogen and oxygen atoms in total. The Morgan fingerprint density at radius 2 is 2.14 bits per heavy atom. The van der Waals surface area contributed by atoms with Crippen molar-refractivity contribution in [2.45, 2.75) is 20.0 Å². The van der Waals surface area contributed by atoms with Gasteiger partial charge in [0, 0.05) is 6.07 Å². The molecule has 0 saturated carbocycles. The molecule has 112 valence electrons. The van der Waals surface area contributed by atoms with E-state index in [0.717, 1.165) is 6.07 Å². The van der Waals surface area contributed by atoms with Gasteiger partial charge < -0.3 is 14.2 Å². The van der Waals surface area contributed by atoms with E-state index >= 15 is 0 Å². The van der Waals surface area contributed by atoms with E-state index in [1.165, 1.54) is 20.1 Å². The lowest BCUT2D eigenvalue weighted by atomic mass is 10.1. The van der Waals surface area contributed by atoms with Crippen LogP contribution in [0, 0.1) is 21.4 Å². The van der Waals surface area contributed by atoms with Gasteiger partial charge in [0.15, 0.2) is 17.6 Å². The van der Waals surface area contributed by atoms with Crippen molar-refractivity contribution in [2.75, 3.05) is 13.7 Å². The number of methoxy groups -OCH3 is 1. The first-order chi connectivity index (χ1) is 9.94. The van der Waals surface area contributed by atoms with Crippen LogP contribution >= 0.6 is 0 Å². The van der Waals surface area contributed by atoms with Gasteiger partial charge in [0.05, 0.1) is 24.7 Å². The van der Waals surface area contributed by atoms with Crippen LogP contribution in [0.1, 0.15) is 24.2 Å². The number of nitrogens with zero attached hydrogens (tertiary/aromatic N) is 2. The summed E-state index contributed by atoms with van der Waals surface area (Å²) in [6.45, 7) is 3.37. The van der Waals surface area contributed by atoms with Gasteiger partial charge in [-0.2, -0.15) is 5.26 Å². The van der Waals surface area contributed by atoms with Gasteiger partial charge in [-0.1, -0.05) is 0 Å². The third-order valence-corrected chi connectivity index (χ3v) is 2.46. The van der Waals surface area contributed by atoms with Crippen molar-refractivity contribution in [3.63, 3.8) is 0 Å². The summed E-state index contributed by atoms with van der Waals surface area (Å²) in [7, 11) is 1.33. The van der Waals surface area contributed by atoms with E-state index in [1.807, 2.05) is 0 Å². The minimum absolute atomic E-state index is 0.133. The number of rotatable bonds is 6. The molecular formula is C13H14N2O6. The Morgan fingerprint density at radius 1 is 1.48 bits per heavy atom. The maximum Gasteiger partial charge on any atom is 0.346 e. The molecule has 21 heavy (non-hydrogen) atoms. The van der Waals surface area contributed by atoms with Crippen LogP contribution in [0.2, 0.25) is 0 Å². The fraction of sp³-hybridized carbons (Fsp3) is 0.385. The first-order valence-corrected chi connectivity index (χ1v) is 6.04. The summed E-state index contributed by atoms with van der Waals surface area (Å²) in [5.41, 5.74) is -0.781. The van der Waals surface area contributed by atoms with Gasteiger partial charge in [0.25, 0.3) is 5.69 Å². The number of carbonyl (C=O) groups is 1. The van der Waals surface area contributed by atoms with Crippen molar-refractivity contribution in [1.82, 2.24) is 0 Å². The van der Waals surface area contributed by atoms with Gasteiger partial charge in [-0.05, 0) is 13.8 Å². The zero-order valence-corrected chi connectivity index (χ0v) is 11.8. The molecular weight excluding hydrogens is 280 g/mol. The molecule has 1 aromatic carbocycles. The lowest BCUT2D eigenvalue weighted by Crippen LogP contribution is -2.15. The van der Waals surface area contributed by atoms with Crippen LogP contribution in [0.25, 0.3) is 0 Å². The van der Waals surface area contributed by atoms with E-state index in [2.05, 4.69) is 0 Å². The van der Waals surface area contributed by atoms with Crippen molar-refractivity contribution in [2.24, 2.45) is 0 Å². The summed E-state index contributed by atoms with van der Waals surface area (Å²) in [5.74, 6) is -0.657. The first kappa shape index (κ1) is 16.2. The zero-order chi connectivity index (χ0) is 16.0. The van der Waals surface area contributed by atoms with Crippen LogP contribution < -0.4 is 9.47 Å². The summed E-state index contributed by atoms with van der Waals surface area (Å²) >= 11 is 0. The van der Waals surface area contributed by atoms with Crippen molar-refractivity contribution in [1.29, 1.82) is 5.26 Å². The predicted octanol–water partition coefficient (Wildman–Crippen LogP) is 2.07. The highest BCUT2D eigenvalue weighted by Crippen LogP contribution is 2.35. The van der Waals surface area contributed by atoms with E-state index < -0.39 is 22.7 Å². The number of nitriles is 1. The van der Waals surface area contributed by atoms with Crippen LogP contribution in [-0.4, -0.2) is 30.7 Å². The number of nitro benzene ring substituents is 1. The molecule has 1 atom stereocenters. The standard InChI is InChI=1S/C13H14N2O6/c1-4-20-12-5-9(13(16)21-8(2)7-14)10(15(17)18)6-11(12)19-3/h5-6,8H,4H2,1-3H3/t8-/m0/s1. The molecule has 0 bridgehead atoms. The SMILES string of the molecule is CCOc1cc(C(=O)O[C@@H](C)C#N)c([N+](=O)[O-])cc1OC. The minimum Gasteiger partial charge on any atom is -0.493 e. The average molecular weight is 294 g/mol. The Balaban J connectivity index is 3.33. The Kier molecular flexibility index (Phi) is 5.48. The fourth-order valence-corrected chi connectivity index (χ4v) is 1.54. The van der Waals surface area contributed by atoms with Crippen molar-refractivity contribution >= 4 is 11.7 Å². The highest BCUT2D eigenvalue weighted by Gasteiger charge is 2.26. The second-order valence-electron chi connectivity index (χ2n) is 3.89. The molecule has 0 aliphatic rings. The molecule has 1 rings (SSSR count). The highest BCUT2D eigenvalue weighted by atomic mass is 16.6. The van der Waals surface area contributed by atoms with Crippen LogP contribution in [-0.2, 0) is 4.74 Å². The quantitative estimate of drug-likeness (QED) is 0.448. The lowest BCUT2D eigenvalue weighted by Gasteiger charge is -2.12. The molecule has 1 aromatic rings. The molecule has 0 spiro atoms. The van der Waals surface area contributed by atoms with Crippen LogP contribution in [0.3, 0.4) is 0 Å². The molecule has 0 unspecified atom stereocenters. The fourth-order valence-electron chi connectivity index (χ4n) is 1.54. The van der Waals surface area contributed by atoms with Gasteiger partial charge >= 0.3 is 5.97 Å². The van der Waals surface area contributed by atoms with E-state index in [1.54, 1.807) is 13.0 Å². The predicted molar refractivity (Wildman–Crippen MR) is 71.3 cm³/mol. The van der Waals surface area contributed by atoms with Crippen LogP contribution in [0.5, 0.6) is 11.5 Å². The molecule has 0 saturated heterocycles. The Labute approximate surface area is 121 Å². The minimum atomic E-state index is -1.02. The van der Waals surface area contributed by atoms with Gasteiger partial charge in [0.1, 0.15) is 11.6 Å². The summed E-state index contributed by atoms with van der Waals surface area (Å²) in [6.07, 6.45) is -1.02. The number of carbonyl (C=O) groups excluding carboxylic acids is 1. The van der Waals surface area contributed by atoms with Gasteiger partial charge in [0.2, 0.25) is 0 Å². The third-order valence-electron chi connectivity index (χ3n) is 2.46. The third kappa shape index (κ3) is 3.82. The van der Waals surface area contributed by atoms with E-state index in [4.69, 9.17) is 19.5 Å². The molecule has 0 aliphatic carbocycles. The molecule has 0 N–H and O–H groups in total. The molecule has 8 heteroatoms. The molecule has 0 amide bonds. The average Bonchev–Trinajstić information content (AvgIpc) is 2.46. The number of benzene rings is 1. The van der Waals surface area contributed by atoms with Crippen molar-refractivity contribution in [3.05, 3.63) is 27.8 Å². The summed E-state index contributed by atoms with van der Waals surface area (Å²) in [4.78, 5) is 22.2. The van der Waals surface area contributed by atoms with Crippen LogP contribution in [0.15, 0.2) is 12.1 Å². The smallest absolute Gasteiger partial charge is 0.346 e. The molecule has 0 aromatic heterocycles. The lowest BCUT2D eigenvalue weighted by molar-refractivity contribution is -0.385. The van der Waals surface area contributed by atoms with Crippen molar-refractivity contribution < 1.29 is 23.9 Å². The number of esters is 1. The Bertz CT molecular complexity index is 593. The monoisotopic (exact) mass is 294 g/mol. The highest BCUT2D eigenvalue weighted by molar-refractivity contribution is 5.95. The topological polar surface area (TPSA) is 112 Å². The second kappa shape index (κ2) is 7.09. The Morgan fingerprint density at radius 3 is 2.62 bits per heavy atom. The summed E-state index contributed by atoms with van der Waals surface area (Å²) < 4.78 is 15.0. The number of nitro groups is 1. The second-order valence-corrected chi connectivity index (χ2v) is 3.89. The summed E-state index contributed by atoms with van der Waals surface area (Å²) in [6, 6.07) is 3.96. The van der Waals surface area contributed by atoms with Gasteiger partial charge in [-0.15, -0.1) is 0 Å². The number of ether oxygens (including phenoxy) is 3. The maximum atomic E-state index is 11.9. The van der Waals surface area contributed by atoms with Crippen LogP contribution in [0.4, 0.5) is 5.69 Å². The normalized spacial score (nSPS) is 11.1. The van der Waals surface area contributed by atoms with E-state index in [0.29, 0.717) is 0 Å². The molecule has 0 heterocycles. The first-order valence-electron chi connectivity index (χ1n) is 6.04. The van der Waals surface area contributed by atoms with Crippen molar-refractivity contribution in [3.8, 4) is 17.6 Å². The van der Waals surface area contributed by atoms with E-state index in [-0.39, 0.29) is 23.7 Å². The van der Waals surface area contributed by atoms with Gasteiger partial charge in [-0.25, -0.2) is 4.79 Å². The molecule has 0 aliphatic heterocycles. The molecule has 0 fully saturated rings.